The predicted molar refractivity (Wildman–Crippen MR) is 77.8 cm³/mol. The number of rotatable bonds is 5. The summed E-state index contributed by atoms with van der Waals surface area (Å²) >= 11 is 0. The van der Waals surface area contributed by atoms with Gasteiger partial charge in [-0.15, -0.1) is 0 Å². The van der Waals surface area contributed by atoms with Gasteiger partial charge in [-0.25, -0.2) is 9.50 Å². The fourth-order valence-electron chi connectivity index (χ4n) is 1.86. The number of para-hydroxylation sites is 2. The summed E-state index contributed by atoms with van der Waals surface area (Å²) in [7, 11) is 0. The molecule has 2 aromatic heterocycles. The lowest BCUT2D eigenvalue weighted by atomic mass is 10.3. The van der Waals surface area contributed by atoms with Gasteiger partial charge in [0.1, 0.15) is 18.2 Å². The second-order valence-corrected chi connectivity index (χ2v) is 4.26. The standard InChI is InChI=1S/C14H15N5O/c15-11-3-1-2-4-12(11)20-10-8-16-13-6-9-19-14(18-13)5-7-17-19/h1-7,9H,8,10,15H2,(H,16,18). The number of aromatic nitrogens is 3. The Kier molecular flexibility index (Phi) is 3.36. The minimum Gasteiger partial charge on any atom is -0.490 e. The molecule has 2 heterocycles. The maximum atomic E-state index is 5.80. The summed E-state index contributed by atoms with van der Waals surface area (Å²) in [6.07, 6.45) is 3.58. The Morgan fingerprint density at radius 2 is 2.10 bits per heavy atom. The molecule has 0 spiro atoms. The smallest absolute Gasteiger partial charge is 0.157 e. The monoisotopic (exact) mass is 269 g/mol. The van der Waals surface area contributed by atoms with Crippen LogP contribution in [0.25, 0.3) is 5.65 Å². The molecule has 0 aliphatic rings. The Morgan fingerprint density at radius 1 is 1.20 bits per heavy atom. The van der Waals surface area contributed by atoms with Crippen LogP contribution in [-0.2, 0) is 0 Å². The van der Waals surface area contributed by atoms with E-state index in [2.05, 4.69) is 15.4 Å². The van der Waals surface area contributed by atoms with Crippen LogP contribution >= 0.6 is 0 Å². The van der Waals surface area contributed by atoms with Crippen LogP contribution in [0.5, 0.6) is 5.75 Å². The van der Waals surface area contributed by atoms with Crippen molar-refractivity contribution < 1.29 is 4.74 Å². The normalized spacial score (nSPS) is 10.6. The number of benzene rings is 1. The number of fused-ring (bicyclic) bond motifs is 1. The Bertz CT molecular complexity index is 709. The van der Waals surface area contributed by atoms with Crippen LogP contribution in [0.15, 0.2) is 48.8 Å². The third kappa shape index (κ3) is 2.64. The van der Waals surface area contributed by atoms with Crippen molar-refractivity contribution >= 4 is 17.2 Å². The van der Waals surface area contributed by atoms with E-state index in [0.717, 1.165) is 11.5 Å². The zero-order valence-corrected chi connectivity index (χ0v) is 10.9. The maximum absolute atomic E-state index is 5.80. The molecule has 0 radical (unpaired) electrons. The van der Waals surface area contributed by atoms with Crippen molar-refractivity contribution in [2.75, 3.05) is 24.2 Å². The summed E-state index contributed by atoms with van der Waals surface area (Å²) < 4.78 is 7.31. The van der Waals surface area contributed by atoms with Crippen molar-refractivity contribution in [1.82, 2.24) is 14.6 Å². The van der Waals surface area contributed by atoms with E-state index < -0.39 is 0 Å². The zero-order valence-electron chi connectivity index (χ0n) is 10.9. The molecule has 0 aliphatic carbocycles. The number of nitrogens with two attached hydrogens (primary N) is 1. The first-order valence-electron chi connectivity index (χ1n) is 6.34. The molecule has 0 atom stereocenters. The quantitative estimate of drug-likeness (QED) is 0.545. The second kappa shape index (κ2) is 5.48. The zero-order chi connectivity index (χ0) is 13.8. The Morgan fingerprint density at radius 3 is 3.00 bits per heavy atom. The molecule has 0 amide bonds. The molecule has 0 saturated heterocycles. The summed E-state index contributed by atoms with van der Waals surface area (Å²) in [6.45, 7) is 1.16. The molecule has 1 aromatic carbocycles. The van der Waals surface area contributed by atoms with Crippen LogP contribution in [0.1, 0.15) is 0 Å². The lowest BCUT2D eigenvalue weighted by Gasteiger charge is -2.09. The maximum Gasteiger partial charge on any atom is 0.157 e. The lowest BCUT2D eigenvalue weighted by molar-refractivity contribution is 0.334. The lowest BCUT2D eigenvalue weighted by Crippen LogP contribution is -2.13. The van der Waals surface area contributed by atoms with Gasteiger partial charge in [-0.05, 0) is 18.2 Å². The summed E-state index contributed by atoms with van der Waals surface area (Å²) in [5.74, 6) is 1.50. The van der Waals surface area contributed by atoms with Crippen molar-refractivity contribution in [3.05, 3.63) is 48.8 Å². The second-order valence-electron chi connectivity index (χ2n) is 4.26. The van der Waals surface area contributed by atoms with E-state index in [0.29, 0.717) is 24.6 Å². The Labute approximate surface area is 116 Å². The number of ether oxygens (including phenoxy) is 1. The largest absolute Gasteiger partial charge is 0.490 e. The van der Waals surface area contributed by atoms with E-state index in [1.54, 1.807) is 10.7 Å². The van der Waals surface area contributed by atoms with Crippen LogP contribution < -0.4 is 15.8 Å². The van der Waals surface area contributed by atoms with Gasteiger partial charge in [-0.2, -0.15) is 5.10 Å². The molecule has 0 unspecified atom stereocenters. The number of anilines is 2. The third-order valence-corrected chi connectivity index (χ3v) is 2.84. The van der Waals surface area contributed by atoms with E-state index in [-0.39, 0.29) is 0 Å². The third-order valence-electron chi connectivity index (χ3n) is 2.84. The SMILES string of the molecule is Nc1ccccc1OCCNc1ccn2nccc2n1. The molecule has 6 heteroatoms. The van der Waals surface area contributed by atoms with Crippen LogP contribution in [0.3, 0.4) is 0 Å². The van der Waals surface area contributed by atoms with Crippen LogP contribution in [0, 0.1) is 0 Å². The van der Waals surface area contributed by atoms with Gasteiger partial charge in [0.05, 0.1) is 18.4 Å². The molecular weight excluding hydrogens is 254 g/mol. The highest BCUT2D eigenvalue weighted by Gasteiger charge is 2.00. The number of hydrogen-bond donors (Lipinski definition) is 2. The van der Waals surface area contributed by atoms with E-state index in [1.807, 2.05) is 42.6 Å². The molecule has 0 fully saturated rings. The van der Waals surface area contributed by atoms with E-state index in [4.69, 9.17) is 10.5 Å². The van der Waals surface area contributed by atoms with Gasteiger partial charge in [0, 0.05) is 12.3 Å². The number of nitrogen functional groups attached to an aromatic ring is 1. The summed E-state index contributed by atoms with van der Waals surface area (Å²) in [5, 5.41) is 7.29. The molecule has 3 aromatic rings. The van der Waals surface area contributed by atoms with Crippen molar-refractivity contribution in [3.8, 4) is 5.75 Å². The van der Waals surface area contributed by atoms with Crippen molar-refractivity contribution in [2.45, 2.75) is 0 Å². The minimum absolute atomic E-state index is 0.514. The van der Waals surface area contributed by atoms with Gasteiger partial charge in [-0.1, -0.05) is 12.1 Å². The van der Waals surface area contributed by atoms with Crippen LogP contribution in [0.2, 0.25) is 0 Å². The van der Waals surface area contributed by atoms with Crippen molar-refractivity contribution in [2.24, 2.45) is 0 Å². The number of hydrogen-bond acceptors (Lipinski definition) is 5. The number of nitrogens with one attached hydrogen (secondary N) is 1. The first-order valence-corrected chi connectivity index (χ1v) is 6.34. The van der Waals surface area contributed by atoms with E-state index in [9.17, 15) is 0 Å². The molecule has 102 valence electrons. The van der Waals surface area contributed by atoms with Crippen LogP contribution in [0.4, 0.5) is 11.5 Å². The fraction of sp³-hybridized carbons (Fsp3) is 0.143. The Balaban J connectivity index is 1.53. The van der Waals surface area contributed by atoms with Crippen LogP contribution in [-0.4, -0.2) is 27.7 Å². The van der Waals surface area contributed by atoms with Gasteiger partial charge >= 0.3 is 0 Å². The molecule has 3 N–H and O–H groups in total. The summed E-state index contributed by atoms with van der Waals surface area (Å²) in [5.41, 5.74) is 7.25. The summed E-state index contributed by atoms with van der Waals surface area (Å²) in [4.78, 5) is 4.41. The molecule has 3 rings (SSSR count). The minimum atomic E-state index is 0.514. The molecule has 20 heavy (non-hydrogen) atoms. The average molecular weight is 269 g/mol. The molecule has 0 saturated carbocycles. The summed E-state index contributed by atoms with van der Waals surface area (Å²) in [6, 6.07) is 11.2. The molecule has 0 aliphatic heterocycles. The molecule has 0 bridgehead atoms. The highest BCUT2D eigenvalue weighted by Crippen LogP contribution is 2.19. The van der Waals surface area contributed by atoms with E-state index in [1.165, 1.54) is 0 Å². The first kappa shape index (κ1) is 12.3. The molecule has 6 nitrogen and oxygen atoms in total. The number of nitrogens with zero attached hydrogens (tertiary/aromatic N) is 3. The van der Waals surface area contributed by atoms with Crippen molar-refractivity contribution in [1.29, 1.82) is 0 Å². The highest BCUT2D eigenvalue weighted by atomic mass is 16.5. The topological polar surface area (TPSA) is 77.5 Å². The fourth-order valence-corrected chi connectivity index (χ4v) is 1.86. The van der Waals surface area contributed by atoms with Gasteiger partial charge in [-0.3, -0.25) is 0 Å². The van der Waals surface area contributed by atoms with E-state index >= 15 is 0 Å². The molecular formula is C14H15N5O. The van der Waals surface area contributed by atoms with Gasteiger partial charge in [0.15, 0.2) is 5.65 Å². The average Bonchev–Trinajstić information content (AvgIpc) is 2.93. The first-order chi connectivity index (χ1) is 9.83. The Hall–Kier alpha value is -2.76. The van der Waals surface area contributed by atoms with Gasteiger partial charge < -0.3 is 15.8 Å². The highest BCUT2D eigenvalue weighted by molar-refractivity contribution is 5.51. The van der Waals surface area contributed by atoms with Gasteiger partial charge in [0.25, 0.3) is 0 Å². The predicted octanol–water partition coefficient (Wildman–Crippen LogP) is 1.80. The van der Waals surface area contributed by atoms with Crippen molar-refractivity contribution in [3.63, 3.8) is 0 Å². The van der Waals surface area contributed by atoms with Gasteiger partial charge in [0.2, 0.25) is 0 Å².